The average Bonchev–Trinajstić information content (AvgIpc) is 2.13. The Labute approximate surface area is 100.0 Å². The van der Waals surface area contributed by atoms with Crippen molar-refractivity contribution in [2.75, 3.05) is 0 Å². The zero-order valence-electron chi connectivity index (χ0n) is 9.88. The van der Waals surface area contributed by atoms with Gasteiger partial charge in [-0.15, -0.1) is 0 Å². The van der Waals surface area contributed by atoms with Crippen LogP contribution < -0.4 is 5.56 Å². The summed E-state index contributed by atoms with van der Waals surface area (Å²) in [7, 11) is 0. The second-order valence-corrected chi connectivity index (χ2v) is 4.46. The molecule has 1 aromatic rings. The Morgan fingerprint density at radius 2 is 1.89 bits per heavy atom. The largest absolute Gasteiger partial charge is 0.455 e. The molecule has 0 saturated carbocycles. The number of hydrogen-bond acceptors (Lipinski definition) is 4. The maximum Gasteiger partial charge on any atom is 0.434 e. The maximum atomic E-state index is 12.4. The first-order chi connectivity index (χ1) is 8.00. The van der Waals surface area contributed by atoms with Gasteiger partial charge >= 0.3 is 12.1 Å². The number of rotatable bonds is 1. The van der Waals surface area contributed by atoms with Crippen LogP contribution in [0.1, 0.15) is 37.0 Å². The lowest BCUT2D eigenvalue weighted by atomic mass is 10.2. The predicted molar refractivity (Wildman–Crippen MR) is 55.0 cm³/mol. The minimum absolute atomic E-state index is 0.399. The van der Waals surface area contributed by atoms with E-state index in [0.717, 1.165) is 0 Å². The van der Waals surface area contributed by atoms with Crippen molar-refractivity contribution in [3.63, 3.8) is 0 Å². The van der Waals surface area contributed by atoms with Gasteiger partial charge in [0.15, 0.2) is 5.69 Å². The summed E-state index contributed by atoms with van der Waals surface area (Å²) in [6, 6.07) is 0. The lowest BCUT2D eigenvalue weighted by Crippen LogP contribution is -2.30. The molecule has 0 unspecified atom stereocenters. The van der Waals surface area contributed by atoms with Crippen LogP contribution in [0, 0.1) is 0 Å². The second-order valence-electron chi connectivity index (χ2n) is 4.46. The lowest BCUT2D eigenvalue weighted by molar-refractivity contribution is -0.141. The number of H-pyrrole nitrogens is 1. The quantitative estimate of drug-likeness (QED) is 0.784. The summed E-state index contributed by atoms with van der Waals surface area (Å²) in [5, 5.41) is 0. The number of ether oxygens (including phenoxy) is 1. The molecule has 0 aliphatic rings. The van der Waals surface area contributed by atoms with E-state index in [1.807, 2.05) is 0 Å². The molecule has 0 aromatic carbocycles. The van der Waals surface area contributed by atoms with Gasteiger partial charge in [-0.1, -0.05) is 0 Å². The van der Waals surface area contributed by atoms with Crippen LogP contribution in [-0.4, -0.2) is 21.5 Å². The smallest absolute Gasteiger partial charge is 0.434 e. The van der Waals surface area contributed by atoms with Gasteiger partial charge in [-0.2, -0.15) is 13.2 Å². The first-order valence-electron chi connectivity index (χ1n) is 4.91. The van der Waals surface area contributed by atoms with E-state index in [9.17, 15) is 22.8 Å². The Balaban J connectivity index is 3.17. The fourth-order valence-electron chi connectivity index (χ4n) is 1.02. The van der Waals surface area contributed by atoms with Crippen LogP contribution >= 0.6 is 0 Å². The van der Waals surface area contributed by atoms with Crippen molar-refractivity contribution in [3.8, 4) is 0 Å². The lowest BCUT2D eigenvalue weighted by Gasteiger charge is -2.18. The zero-order chi connectivity index (χ0) is 14.1. The number of carbonyl (C=O) groups is 1. The van der Waals surface area contributed by atoms with Gasteiger partial charge in [0.05, 0.1) is 0 Å². The third kappa shape index (κ3) is 3.57. The highest BCUT2D eigenvalue weighted by molar-refractivity contribution is 5.87. The van der Waals surface area contributed by atoms with Crippen molar-refractivity contribution in [1.29, 1.82) is 0 Å². The number of esters is 1. The van der Waals surface area contributed by atoms with E-state index in [1.165, 1.54) is 20.8 Å². The Morgan fingerprint density at radius 1 is 1.33 bits per heavy atom. The summed E-state index contributed by atoms with van der Waals surface area (Å²) in [6.07, 6.45) is -4.35. The molecule has 0 bridgehead atoms. The first kappa shape index (κ1) is 14.2. The second kappa shape index (κ2) is 4.43. The van der Waals surface area contributed by atoms with Crippen LogP contribution in [0.25, 0.3) is 0 Å². The van der Waals surface area contributed by atoms with Gasteiger partial charge in [-0.05, 0) is 20.8 Å². The van der Waals surface area contributed by atoms with Crippen LogP contribution in [0.4, 0.5) is 13.2 Å². The Morgan fingerprint density at radius 3 is 2.33 bits per heavy atom. The highest BCUT2D eigenvalue weighted by atomic mass is 19.4. The van der Waals surface area contributed by atoms with Crippen molar-refractivity contribution in [2.45, 2.75) is 32.5 Å². The maximum absolute atomic E-state index is 12.4. The molecule has 1 N–H and O–H groups in total. The monoisotopic (exact) mass is 264 g/mol. The molecule has 5 nitrogen and oxygen atoms in total. The molecule has 1 aromatic heterocycles. The zero-order valence-corrected chi connectivity index (χ0v) is 9.88. The van der Waals surface area contributed by atoms with Crippen LogP contribution in [0.2, 0.25) is 0 Å². The Hall–Kier alpha value is -1.86. The summed E-state index contributed by atoms with van der Waals surface area (Å²) in [5.41, 5.74) is -4.24. The van der Waals surface area contributed by atoms with Crippen molar-refractivity contribution in [3.05, 3.63) is 27.9 Å². The number of alkyl halides is 3. The van der Waals surface area contributed by atoms with E-state index in [0.29, 0.717) is 6.20 Å². The minimum Gasteiger partial charge on any atom is -0.455 e. The third-order valence-electron chi connectivity index (χ3n) is 1.67. The van der Waals surface area contributed by atoms with Gasteiger partial charge in [0.25, 0.3) is 5.56 Å². The van der Waals surface area contributed by atoms with Crippen molar-refractivity contribution >= 4 is 5.97 Å². The Bertz CT molecular complexity index is 514. The van der Waals surface area contributed by atoms with Crippen LogP contribution in [0.3, 0.4) is 0 Å². The predicted octanol–water partition coefficient (Wildman–Crippen LogP) is 1.74. The van der Waals surface area contributed by atoms with Crippen LogP contribution in [0.15, 0.2) is 11.0 Å². The van der Waals surface area contributed by atoms with Gasteiger partial charge in [0.1, 0.15) is 5.60 Å². The third-order valence-corrected chi connectivity index (χ3v) is 1.67. The molecule has 0 aliphatic carbocycles. The standard InChI is InChI=1S/C10H11F3N2O3/c1-9(2,3)18-8(17)6-7(16)14-4-5(15-6)10(11,12)13/h4H,1-3H3,(H,14,16). The molecule has 8 heteroatoms. The van der Waals surface area contributed by atoms with Gasteiger partial charge in [0.2, 0.25) is 5.69 Å². The first-order valence-corrected chi connectivity index (χ1v) is 4.91. The van der Waals surface area contributed by atoms with E-state index < -0.39 is 34.7 Å². The van der Waals surface area contributed by atoms with Gasteiger partial charge in [0, 0.05) is 6.20 Å². The minimum atomic E-state index is -4.75. The molecule has 1 heterocycles. The molecule has 0 spiro atoms. The molecule has 18 heavy (non-hydrogen) atoms. The Kier molecular flexibility index (Phi) is 3.50. The number of halogens is 3. The highest BCUT2D eigenvalue weighted by Crippen LogP contribution is 2.26. The van der Waals surface area contributed by atoms with E-state index in [1.54, 1.807) is 4.98 Å². The number of nitrogens with one attached hydrogen (secondary N) is 1. The van der Waals surface area contributed by atoms with E-state index in [-0.39, 0.29) is 0 Å². The SMILES string of the molecule is CC(C)(C)OC(=O)c1nc(C(F)(F)F)c[nH]c1=O. The summed E-state index contributed by atoms with van der Waals surface area (Å²) < 4.78 is 41.9. The molecule has 0 atom stereocenters. The van der Waals surface area contributed by atoms with E-state index in [4.69, 9.17) is 4.74 Å². The average molecular weight is 264 g/mol. The van der Waals surface area contributed by atoms with E-state index >= 15 is 0 Å². The number of nitrogens with zero attached hydrogens (tertiary/aromatic N) is 1. The topological polar surface area (TPSA) is 72.0 Å². The number of aromatic amines is 1. The van der Waals surface area contributed by atoms with E-state index in [2.05, 4.69) is 4.98 Å². The highest BCUT2D eigenvalue weighted by Gasteiger charge is 2.34. The molecule has 0 saturated heterocycles. The van der Waals surface area contributed by atoms with Gasteiger partial charge < -0.3 is 9.72 Å². The number of carbonyl (C=O) groups excluding carboxylic acids is 1. The molecular weight excluding hydrogens is 253 g/mol. The molecular formula is C10H11F3N2O3. The summed E-state index contributed by atoms with van der Waals surface area (Å²) in [5.74, 6) is -1.20. The fourth-order valence-corrected chi connectivity index (χ4v) is 1.02. The summed E-state index contributed by atoms with van der Waals surface area (Å²) >= 11 is 0. The number of aromatic nitrogens is 2. The van der Waals surface area contributed by atoms with Crippen LogP contribution in [0.5, 0.6) is 0 Å². The normalized spacial score (nSPS) is 12.3. The summed E-state index contributed by atoms with van der Waals surface area (Å²) in [4.78, 5) is 27.5. The molecule has 0 radical (unpaired) electrons. The number of hydrogen-bond donors (Lipinski definition) is 1. The van der Waals surface area contributed by atoms with Crippen molar-refractivity contribution in [1.82, 2.24) is 9.97 Å². The van der Waals surface area contributed by atoms with Crippen molar-refractivity contribution < 1.29 is 22.7 Å². The molecule has 0 amide bonds. The van der Waals surface area contributed by atoms with Gasteiger partial charge in [-0.25, -0.2) is 9.78 Å². The molecule has 0 aliphatic heterocycles. The van der Waals surface area contributed by atoms with Crippen molar-refractivity contribution in [2.24, 2.45) is 0 Å². The molecule has 0 fully saturated rings. The fraction of sp³-hybridized carbons (Fsp3) is 0.500. The van der Waals surface area contributed by atoms with Crippen LogP contribution in [-0.2, 0) is 10.9 Å². The van der Waals surface area contributed by atoms with Gasteiger partial charge in [-0.3, -0.25) is 4.79 Å². The summed E-state index contributed by atoms with van der Waals surface area (Å²) in [6.45, 7) is 4.56. The molecule has 100 valence electrons. The molecule has 1 rings (SSSR count).